The van der Waals surface area contributed by atoms with Gasteiger partial charge < -0.3 is 20.3 Å². The van der Waals surface area contributed by atoms with Gasteiger partial charge in [-0.2, -0.15) is 0 Å². The number of rotatable bonds is 7. The Bertz CT molecular complexity index is 620. The molecule has 1 aromatic rings. The lowest BCUT2D eigenvalue weighted by Gasteiger charge is -2.41. The van der Waals surface area contributed by atoms with Crippen molar-refractivity contribution < 1.29 is 9.13 Å². The predicted octanol–water partition coefficient (Wildman–Crippen LogP) is 2.32. The second-order valence-electron chi connectivity index (χ2n) is 7.75. The number of ether oxygens (including phenoxy) is 1. The average molecular weight is 507 g/mol. The summed E-state index contributed by atoms with van der Waals surface area (Å²) < 4.78 is 19.0. The minimum Gasteiger partial charge on any atom is -0.379 e. The summed E-state index contributed by atoms with van der Waals surface area (Å²) in [5.74, 6) is 0.536. The van der Waals surface area contributed by atoms with Crippen molar-refractivity contribution >= 4 is 29.9 Å². The lowest BCUT2D eigenvalue weighted by molar-refractivity contribution is -0.00834. The highest BCUT2D eigenvalue weighted by Gasteiger charge is 2.28. The molecule has 1 saturated heterocycles. The van der Waals surface area contributed by atoms with Gasteiger partial charge >= 0.3 is 0 Å². The molecule has 1 heterocycles. The van der Waals surface area contributed by atoms with Crippen molar-refractivity contribution in [1.29, 1.82) is 0 Å². The second-order valence-corrected chi connectivity index (χ2v) is 7.75. The first-order valence-electron chi connectivity index (χ1n) is 9.52. The molecule has 0 aromatic heterocycles. The monoisotopic (exact) mass is 507 g/mol. The molecule has 1 unspecified atom stereocenters. The summed E-state index contributed by atoms with van der Waals surface area (Å²) in [7, 11) is 5.76. The molecule has 28 heavy (non-hydrogen) atoms. The fraction of sp³-hybridized carbons (Fsp3) is 0.650. The van der Waals surface area contributed by atoms with Gasteiger partial charge in [0.2, 0.25) is 0 Å². The second kappa shape index (κ2) is 11.9. The molecule has 2 N–H and O–H groups in total. The summed E-state index contributed by atoms with van der Waals surface area (Å²) in [4.78, 5) is 8.85. The van der Waals surface area contributed by atoms with Crippen LogP contribution >= 0.6 is 24.0 Å². The van der Waals surface area contributed by atoms with Crippen LogP contribution in [-0.2, 0) is 4.74 Å². The molecule has 0 radical (unpaired) electrons. The van der Waals surface area contributed by atoms with Crippen LogP contribution in [0.1, 0.15) is 25.5 Å². The van der Waals surface area contributed by atoms with Gasteiger partial charge in [0, 0.05) is 38.8 Å². The number of nitrogens with zero attached hydrogens (tertiary/aromatic N) is 3. The first kappa shape index (κ1) is 25.1. The smallest absolute Gasteiger partial charge is 0.191 e. The summed E-state index contributed by atoms with van der Waals surface area (Å²) in [6, 6.07) is 6.81. The van der Waals surface area contributed by atoms with Crippen molar-refractivity contribution in [2.75, 3.05) is 60.5 Å². The van der Waals surface area contributed by atoms with E-state index in [4.69, 9.17) is 4.74 Å². The van der Waals surface area contributed by atoms with Crippen LogP contribution in [0.4, 0.5) is 4.39 Å². The number of halogens is 2. The van der Waals surface area contributed by atoms with Crippen LogP contribution < -0.4 is 10.6 Å². The van der Waals surface area contributed by atoms with Crippen LogP contribution in [0.3, 0.4) is 0 Å². The molecule has 1 fully saturated rings. The van der Waals surface area contributed by atoms with Gasteiger partial charge in [-0.25, -0.2) is 4.39 Å². The van der Waals surface area contributed by atoms with Crippen LogP contribution in [0.25, 0.3) is 0 Å². The zero-order valence-corrected chi connectivity index (χ0v) is 20.0. The summed E-state index contributed by atoms with van der Waals surface area (Å²) in [6.45, 7) is 9.34. The maximum atomic E-state index is 13.6. The van der Waals surface area contributed by atoms with Gasteiger partial charge in [0.05, 0.1) is 19.3 Å². The van der Waals surface area contributed by atoms with Crippen molar-refractivity contribution in [3.05, 3.63) is 35.6 Å². The molecule has 8 heteroatoms. The topological polar surface area (TPSA) is 52.1 Å². The van der Waals surface area contributed by atoms with Gasteiger partial charge in [0.25, 0.3) is 0 Å². The fourth-order valence-electron chi connectivity index (χ4n) is 3.31. The van der Waals surface area contributed by atoms with E-state index in [1.807, 2.05) is 20.2 Å². The summed E-state index contributed by atoms with van der Waals surface area (Å²) in [6.07, 6.45) is 0. The van der Waals surface area contributed by atoms with E-state index >= 15 is 0 Å². The lowest BCUT2D eigenvalue weighted by Crippen LogP contribution is -2.56. The third-order valence-electron chi connectivity index (χ3n) is 5.10. The highest BCUT2D eigenvalue weighted by atomic mass is 127. The van der Waals surface area contributed by atoms with E-state index in [0.29, 0.717) is 6.54 Å². The third-order valence-corrected chi connectivity index (χ3v) is 5.10. The molecule has 1 aliphatic heterocycles. The zero-order chi connectivity index (χ0) is 19.9. The Labute approximate surface area is 185 Å². The van der Waals surface area contributed by atoms with Crippen molar-refractivity contribution in [3.63, 3.8) is 0 Å². The highest BCUT2D eigenvalue weighted by molar-refractivity contribution is 14.0. The maximum absolute atomic E-state index is 13.6. The molecule has 0 aliphatic carbocycles. The van der Waals surface area contributed by atoms with E-state index in [0.717, 1.165) is 44.4 Å². The minimum absolute atomic E-state index is 0. The number of aliphatic imine (C=N–C) groups is 1. The summed E-state index contributed by atoms with van der Waals surface area (Å²) in [5.41, 5.74) is 0.946. The Morgan fingerprint density at radius 3 is 2.54 bits per heavy atom. The van der Waals surface area contributed by atoms with E-state index in [9.17, 15) is 4.39 Å². The number of nitrogens with one attached hydrogen (secondary N) is 2. The number of benzene rings is 1. The van der Waals surface area contributed by atoms with Gasteiger partial charge in [-0.05, 0) is 45.6 Å². The standard InChI is InChI=1S/C20H34FN5O.HI/c1-20(2,26-9-11-27-12-10-26)15-24-19(22-3)23-14-18(25(4)5)16-7-6-8-17(21)13-16;/h6-8,13,18H,9-12,14-15H2,1-5H3,(H2,22,23,24);1H. The number of hydrogen-bond acceptors (Lipinski definition) is 4. The molecule has 1 aliphatic rings. The van der Waals surface area contributed by atoms with E-state index in [-0.39, 0.29) is 41.4 Å². The van der Waals surface area contributed by atoms with Gasteiger partial charge in [0.15, 0.2) is 5.96 Å². The van der Waals surface area contributed by atoms with Crippen LogP contribution in [-0.4, -0.2) is 81.8 Å². The Balaban J connectivity index is 0.00000392. The van der Waals surface area contributed by atoms with Gasteiger partial charge in [-0.1, -0.05) is 12.1 Å². The first-order valence-corrected chi connectivity index (χ1v) is 9.52. The van der Waals surface area contributed by atoms with E-state index in [1.54, 1.807) is 19.2 Å². The molecule has 0 bridgehead atoms. The summed E-state index contributed by atoms with van der Waals surface area (Å²) >= 11 is 0. The minimum atomic E-state index is -0.214. The van der Waals surface area contributed by atoms with Crippen molar-refractivity contribution in [2.45, 2.75) is 25.4 Å². The highest BCUT2D eigenvalue weighted by Crippen LogP contribution is 2.18. The van der Waals surface area contributed by atoms with Gasteiger partial charge in [-0.3, -0.25) is 9.89 Å². The van der Waals surface area contributed by atoms with E-state index < -0.39 is 0 Å². The van der Waals surface area contributed by atoms with Gasteiger partial charge in [0.1, 0.15) is 5.82 Å². The van der Waals surface area contributed by atoms with Crippen molar-refractivity contribution in [3.8, 4) is 0 Å². The number of likely N-dealkylation sites (N-methyl/N-ethyl adjacent to an activating group) is 1. The molecule has 1 aromatic carbocycles. The largest absolute Gasteiger partial charge is 0.379 e. The molecular weight excluding hydrogens is 472 g/mol. The number of hydrogen-bond donors (Lipinski definition) is 2. The molecule has 0 amide bonds. The first-order chi connectivity index (χ1) is 12.8. The maximum Gasteiger partial charge on any atom is 0.191 e. The molecule has 0 saturated carbocycles. The van der Waals surface area contributed by atoms with Gasteiger partial charge in [-0.15, -0.1) is 24.0 Å². The summed E-state index contributed by atoms with van der Waals surface area (Å²) in [5, 5.41) is 6.80. The Hall–Kier alpha value is -0.970. The quantitative estimate of drug-likeness (QED) is 0.337. The van der Waals surface area contributed by atoms with Crippen molar-refractivity contribution in [1.82, 2.24) is 20.4 Å². The molecule has 0 spiro atoms. The Morgan fingerprint density at radius 2 is 1.96 bits per heavy atom. The van der Waals surface area contributed by atoms with Crippen LogP contribution in [0.5, 0.6) is 0 Å². The number of guanidine groups is 1. The SMILES string of the molecule is CN=C(NCC(c1cccc(F)c1)N(C)C)NCC(C)(C)N1CCOCC1.I. The normalized spacial score (nSPS) is 17.2. The fourth-order valence-corrected chi connectivity index (χ4v) is 3.31. The third kappa shape index (κ3) is 7.46. The Kier molecular flexibility index (Phi) is 10.6. The van der Waals surface area contributed by atoms with Crippen LogP contribution in [0.15, 0.2) is 29.3 Å². The zero-order valence-electron chi connectivity index (χ0n) is 17.7. The molecule has 1 atom stereocenters. The predicted molar refractivity (Wildman–Crippen MR) is 124 cm³/mol. The number of morpholine rings is 1. The molecule has 6 nitrogen and oxygen atoms in total. The molecule has 2 rings (SSSR count). The lowest BCUT2D eigenvalue weighted by atomic mass is 10.0. The van der Waals surface area contributed by atoms with Crippen molar-refractivity contribution in [2.24, 2.45) is 4.99 Å². The Morgan fingerprint density at radius 1 is 1.29 bits per heavy atom. The molecule has 160 valence electrons. The average Bonchev–Trinajstić information content (AvgIpc) is 2.65. The van der Waals surface area contributed by atoms with E-state index in [1.165, 1.54) is 6.07 Å². The van der Waals surface area contributed by atoms with Crippen LogP contribution in [0.2, 0.25) is 0 Å². The van der Waals surface area contributed by atoms with Crippen LogP contribution in [0, 0.1) is 5.82 Å². The molecular formula is C20H35FIN5O. The van der Waals surface area contributed by atoms with E-state index in [2.05, 4.69) is 39.3 Å².